The highest BCUT2D eigenvalue weighted by molar-refractivity contribution is 6.00. The third-order valence-electron chi connectivity index (χ3n) is 4.97. The Morgan fingerprint density at radius 1 is 1.28 bits per heavy atom. The van der Waals surface area contributed by atoms with E-state index in [9.17, 15) is 9.59 Å². The molecule has 2 aliphatic rings. The van der Waals surface area contributed by atoms with Gasteiger partial charge in [0.05, 0.1) is 0 Å². The molecule has 0 aromatic heterocycles. The van der Waals surface area contributed by atoms with Gasteiger partial charge < -0.3 is 0 Å². The molecule has 0 radical (unpaired) electrons. The van der Waals surface area contributed by atoms with Crippen LogP contribution in [0, 0.1) is 28.6 Å². The Morgan fingerprint density at radius 2 is 1.89 bits per heavy atom. The van der Waals surface area contributed by atoms with Gasteiger partial charge in [0.2, 0.25) is 11.8 Å². The molecule has 3 nitrogen and oxygen atoms in total. The fourth-order valence-corrected chi connectivity index (χ4v) is 4.72. The Bertz CT molecular complexity index is 386. The first-order valence-corrected chi connectivity index (χ1v) is 7.02. The molecule has 1 saturated carbocycles. The summed E-state index contributed by atoms with van der Waals surface area (Å²) in [5.41, 5.74) is 0.127. The first-order chi connectivity index (χ1) is 8.18. The number of rotatable bonds is 1. The van der Waals surface area contributed by atoms with Gasteiger partial charge in [-0.1, -0.05) is 34.6 Å². The van der Waals surface area contributed by atoms with Gasteiger partial charge in [-0.05, 0) is 35.5 Å². The minimum atomic E-state index is -0.114. The predicted octanol–water partition coefficient (Wildman–Crippen LogP) is 2.75. The summed E-state index contributed by atoms with van der Waals surface area (Å²) in [5, 5.41) is 2.53. The lowest BCUT2D eigenvalue weighted by Gasteiger charge is -2.45. The molecule has 2 amide bonds. The summed E-state index contributed by atoms with van der Waals surface area (Å²) in [4.78, 5) is 24.1. The van der Waals surface area contributed by atoms with Gasteiger partial charge in [-0.25, -0.2) is 0 Å². The largest absolute Gasteiger partial charge is 0.296 e. The zero-order valence-electron chi connectivity index (χ0n) is 12.2. The third-order valence-corrected chi connectivity index (χ3v) is 4.97. The van der Waals surface area contributed by atoms with Gasteiger partial charge in [-0.15, -0.1) is 0 Å². The average molecular weight is 251 g/mol. The number of piperidine rings is 1. The molecule has 2 fully saturated rings. The molecule has 1 heterocycles. The Labute approximate surface area is 110 Å². The fourth-order valence-electron chi connectivity index (χ4n) is 4.72. The molecule has 1 N–H and O–H groups in total. The van der Waals surface area contributed by atoms with E-state index in [1.807, 2.05) is 0 Å². The Kier molecular flexibility index (Phi) is 3.07. The van der Waals surface area contributed by atoms with E-state index in [2.05, 4.69) is 39.9 Å². The summed E-state index contributed by atoms with van der Waals surface area (Å²) < 4.78 is 0. The monoisotopic (exact) mass is 251 g/mol. The molecule has 0 aromatic carbocycles. The van der Waals surface area contributed by atoms with Crippen molar-refractivity contribution in [2.75, 3.05) is 0 Å². The molecule has 3 atom stereocenters. The maximum atomic E-state index is 12.2. The van der Waals surface area contributed by atoms with Crippen molar-refractivity contribution in [1.82, 2.24) is 5.32 Å². The first kappa shape index (κ1) is 13.6. The number of carbonyl (C=O) groups is 2. The smallest absolute Gasteiger partial charge is 0.230 e. The third kappa shape index (κ3) is 1.98. The first-order valence-electron chi connectivity index (χ1n) is 7.02. The van der Waals surface area contributed by atoms with E-state index >= 15 is 0 Å². The van der Waals surface area contributed by atoms with Crippen LogP contribution in [0.2, 0.25) is 0 Å². The summed E-state index contributed by atoms with van der Waals surface area (Å²) in [5.74, 6) is 0.573. The molecule has 0 aromatic rings. The molecular weight excluding hydrogens is 226 g/mol. The van der Waals surface area contributed by atoms with Crippen molar-refractivity contribution >= 4 is 11.8 Å². The van der Waals surface area contributed by atoms with Crippen LogP contribution < -0.4 is 5.32 Å². The van der Waals surface area contributed by atoms with Crippen LogP contribution in [0.25, 0.3) is 0 Å². The SMILES string of the molecule is CC(C)C1C(=O)NC(=O)CC12CC(C)(C)CC2C. The van der Waals surface area contributed by atoms with Crippen LogP contribution in [0.1, 0.15) is 53.9 Å². The van der Waals surface area contributed by atoms with Gasteiger partial charge in [-0.2, -0.15) is 0 Å². The fraction of sp³-hybridized carbons (Fsp3) is 0.867. The highest BCUT2D eigenvalue weighted by Gasteiger charge is 2.58. The van der Waals surface area contributed by atoms with Crippen LogP contribution in [0.5, 0.6) is 0 Å². The van der Waals surface area contributed by atoms with E-state index in [4.69, 9.17) is 0 Å². The van der Waals surface area contributed by atoms with Crippen molar-refractivity contribution in [2.24, 2.45) is 28.6 Å². The van der Waals surface area contributed by atoms with Crippen LogP contribution in [-0.4, -0.2) is 11.8 Å². The summed E-state index contributed by atoms with van der Waals surface area (Å²) in [6.07, 6.45) is 2.62. The molecule has 2 rings (SSSR count). The van der Waals surface area contributed by atoms with E-state index in [-0.39, 0.29) is 34.5 Å². The molecular formula is C15H25NO2. The second-order valence-electron chi connectivity index (χ2n) is 7.49. The number of amides is 2. The Morgan fingerprint density at radius 3 is 2.33 bits per heavy atom. The van der Waals surface area contributed by atoms with Crippen LogP contribution in [0.3, 0.4) is 0 Å². The molecule has 3 heteroatoms. The molecule has 18 heavy (non-hydrogen) atoms. The van der Waals surface area contributed by atoms with Gasteiger partial charge >= 0.3 is 0 Å². The van der Waals surface area contributed by atoms with E-state index in [0.717, 1.165) is 12.8 Å². The highest BCUT2D eigenvalue weighted by atomic mass is 16.2. The van der Waals surface area contributed by atoms with Crippen molar-refractivity contribution < 1.29 is 9.59 Å². The van der Waals surface area contributed by atoms with E-state index in [1.165, 1.54) is 0 Å². The zero-order chi connectivity index (χ0) is 13.7. The second-order valence-corrected chi connectivity index (χ2v) is 7.49. The quantitative estimate of drug-likeness (QED) is 0.728. The van der Waals surface area contributed by atoms with Crippen LogP contribution >= 0.6 is 0 Å². The molecule has 1 spiro atoms. The number of hydrogen-bond donors (Lipinski definition) is 1. The standard InChI is InChI=1S/C15H25NO2/c1-9(2)12-13(18)16-11(17)7-15(12)8-14(4,5)6-10(15)3/h9-10,12H,6-8H2,1-5H3,(H,16,17,18). The van der Waals surface area contributed by atoms with Crippen molar-refractivity contribution in [3.8, 4) is 0 Å². The van der Waals surface area contributed by atoms with Gasteiger partial charge in [0.25, 0.3) is 0 Å². The van der Waals surface area contributed by atoms with Crippen molar-refractivity contribution in [2.45, 2.75) is 53.9 Å². The number of carbonyl (C=O) groups excluding carboxylic acids is 2. The lowest BCUT2D eigenvalue weighted by atomic mass is 9.60. The zero-order valence-corrected chi connectivity index (χ0v) is 12.2. The predicted molar refractivity (Wildman–Crippen MR) is 70.7 cm³/mol. The van der Waals surface area contributed by atoms with E-state index in [0.29, 0.717) is 12.3 Å². The van der Waals surface area contributed by atoms with E-state index < -0.39 is 0 Å². The van der Waals surface area contributed by atoms with Crippen molar-refractivity contribution in [3.63, 3.8) is 0 Å². The Balaban J connectivity index is 2.43. The summed E-state index contributed by atoms with van der Waals surface area (Å²) in [6.45, 7) is 10.9. The van der Waals surface area contributed by atoms with Crippen molar-refractivity contribution in [3.05, 3.63) is 0 Å². The summed E-state index contributed by atoms with van der Waals surface area (Å²) in [6, 6.07) is 0. The lowest BCUT2D eigenvalue weighted by Crippen LogP contribution is -2.55. The second kappa shape index (κ2) is 4.07. The normalized spacial score (nSPS) is 39.4. The van der Waals surface area contributed by atoms with Crippen LogP contribution in [0.4, 0.5) is 0 Å². The van der Waals surface area contributed by atoms with Gasteiger partial charge in [0, 0.05) is 12.3 Å². The highest BCUT2D eigenvalue weighted by Crippen LogP contribution is 2.60. The number of nitrogens with one attached hydrogen (secondary N) is 1. The van der Waals surface area contributed by atoms with Gasteiger partial charge in [0.1, 0.15) is 0 Å². The maximum absolute atomic E-state index is 12.2. The number of hydrogen-bond acceptors (Lipinski definition) is 2. The summed E-state index contributed by atoms with van der Waals surface area (Å²) in [7, 11) is 0. The van der Waals surface area contributed by atoms with Crippen LogP contribution in [-0.2, 0) is 9.59 Å². The number of imide groups is 1. The molecule has 1 aliphatic carbocycles. The topological polar surface area (TPSA) is 46.2 Å². The van der Waals surface area contributed by atoms with Crippen LogP contribution in [0.15, 0.2) is 0 Å². The minimum absolute atomic E-state index is 0.0213. The molecule has 1 aliphatic heterocycles. The average Bonchev–Trinajstić information content (AvgIpc) is 2.33. The van der Waals surface area contributed by atoms with Gasteiger partial charge in [0.15, 0.2) is 0 Å². The minimum Gasteiger partial charge on any atom is -0.296 e. The summed E-state index contributed by atoms with van der Waals surface area (Å²) >= 11 is 0. The molecule has 3 unspecified atom stereocenters. The van der Waals surface area contributed by atoms with E-state index in [1.54, 1.807) is 0 Å². The maximum Gasteiger partial charge on any atom is 0.230 e. The van der Waals surface area contributed by atoms with Crippen molar-refractivity contribution in [1.29, 1.82) is 0 Å². The Hall–Kier alpha value is -0.860. The molecule has 0 bridgehead atoms. The lowest BCUT2D eigenvalue weighted by molar-refractivity contribution is -0.148. The van der Waals surface area contributed by atoms with Gasteiger partial charge in [-0.3, -0.25) is 14.9 Å². The molecule has 1 saturated heterocycles. The molecule has 102 valence electrons.